The zero-order valence-corrected chi connectivity index (χ0v) is 10.2. The lowest BCUT2D eigenvalue weighted by molar-refractivity contribution is -0.874. The highest BCUT2D eigenvalue weighted by Gasteiger charge is 2.25. The number of quaternary nitrogens is 1. The topological polar surface area (TPSA) is 60.4 Å². The molecule has 4 heteroatoms. The van der Waals surface area contributed by atoms with Gasteiger partial charge in [0.05, 0.1) is 21.1 Å². The van der Waals surface area contributed by atoms with Gasteiger partial charge in [-0.3, -0.25) is 0 Å². The second kappa shape index (κ2) is 6.08. The molecule has 0 aromatic carbocycles. The fraction of sp³-hybridized carbons (Fsp3) is 0.909. The van der Waals surface area contributed by atoms with E-state index in [4.69, 9.17) is 0 Å². The van der Waals surface area contributed by atoms with Crippen LogP contribution >= 0.6 is 0 Å². The summed E-state index contributed by atoms with van der Waals surface area (Å²) in [6.07, 6.45) is 1.43. The monoisotopic (exact) mass is 217 g/mol. The minimum Gasteiger partial charge on any atom is -0.550 e. The van der Waals surface area contributed by atoms with Gasteiger partial charge in [0.15, 0.2) is 0 Å². The Morgan fingerprint density at radius 3 is 2.27 bits per heavy atom. The third-order valence-electron chi connectivity index (χ3n) is 2.37. The molecule has 4 nitrogen and oxygen atoms in total. The number of hydrogen-bond donors (Lipinski definition) is 1. The zero-order chi connectivity index (χ0) is 12.1. The fourth-order valence-electron chi connectivity index (χ4n) is 1.58. The highest BCUT2D eigenvalue weighted by Crippen LogP contribution is 2.14. The summed E-state index contributed by atoms with van der Waals surface area (Å²) in [6.45, 7) is 2.43. The number of carboxylic acid groups (broad SMARTS) is 1. The third kappa shape index (κ3) is 6.47. The molecule has 0 saturated heterocycles. The minimum atomic E-state index is -1.13. The van der Waals surface area contributed by atoms with Gasteiger partial charge >= 0.3 is 0 Å². The number of unbranched alkanes of at least 4 members (excludes halogenated alkanes) is 1. The van der Waals surface area contributed by atoms with Crippen molar-refractivity contribution in [3.05, 3.63) is 0 Å². The highest BCUT2D eigenvalue weighted by molar-refractivity contribution is 5.68. The second-order valence-electron chi connectivity index (χ2n) is 5.11. The maximum atomic E-state index is 10.9. The molecule has 0 aromatic heterocycles. The molecule has 2 atom stereocenters. The van der Waals surface area contributed by atoms with Crippen molar-refractivity contribution in [1.29, 1.82) is 0 Å². The van der Waals surface area contributed by atoms with Crippen LogP contribution in [0.4, 0.5) is 0 Å². The SMILES string of the molecule is CCCCC(C(=O)[O-])C(O)C[N+](C)(C)C. The van der Waals surface area contributed by atoms with Crippen LogP contribution < -0.4 is 5.11 Å². The van der Waals surface area contributed by atoms with Crippen LogP contribution in [0.3, 0.4) is 0 Å². The van der Waals surface area contributed by atoms with Crippen molar-refractivity contribution in [1.82, 2.24) is 0 Å². The molecule has 0 rings (SSSR count). The molecule has 0 bridgehead atoms. The van der Waals surface area contributed by atoms with E-state index in [0.29, 0.717) is 17.4 Å². The van der Waals surface area contributed by atoms with Crippen molar-refractivity contribution in [2.75, 3.05) is 27.7 Å². The van der Waals surface area contributed by atoms with Crippen LogP contribution in [0.5, 0.6) is 0 Å². The van der Waals surface area contributed by atoms with Crippen molar-refractivity contribution in [3.8, 4) is 0 Å². The zero-order valence-electron chi connectivity index (χ0n) is 10.2. The Bertz CT molecular complexity index is 198. The van der Waals surface area contributed by atoms with Crippen molar-refractivity contribution in [2.45, 2.75) is 32.3 Å². The van der Waals surface area contributed by atoms with Crippen LogP contribution in [0.15, 0.2) is 0 Å². The van der Waals surface area contributed by atoms with E-state index in [1.165, 1.54) is 0 Å². The largest absolute Gasteiger partial charge is 0.550 e. The molecule has 0 heterocycles. The molecule has 0 radical (unpaired) electrons. The van der Waals surface area contributed by atoms with Crippen molar-refractivity contribution < 1.29 is 19.5 Å². The molecule has 2 unspecified atom stereocenters. The lowest BCUT2D eigenvalue weighted by atomic mass is 9.95. The van der Waals surface area contributed by atoms with Gasteiger partial charge in [-0.05, 0) is 6.42 Å². The van der Waals surface area contributed by atoms with E-state index in [1.807, 2.05) is 28.1 Å². The predicted octanol–water partition coefficient (Wildman–Crippen LogP) is -0.390. The summed E-state index contributed by atoms with van der Waals surface area (Å²) < 4.78 is 0.553. The van der Waals surface area contributed by atoms with Gasteiger partial charge in [0.2, 0.25) is 0 Å². The Labute approximate surface area is 92.1 Å². The summed E-state index contributed by atoms with van der Waals surface area (Å²) in [5.74, 6) is -1.87. The first kappa shape index (κ1) is 14.4. The maximum Gasteiger partial charge on any atom is 0.111 e. The summed E-state index contributed by atoms with van der Waals surface area (Å²) >= 11 is 0. The molecule has 0 spiro atoms. The number of aliphatic carboxylic acids is 1. The number of carbonyl (C=O) groups excluding carboxylic acids is 1. The van der Waals surface area contributed by atoms with Crippen LogP contribution in [0, 0.1) is 5.92 Å². The van der Waals surface area contributed by atoms with Crippen LogP contribution in [0.2, 0.25) is 0 Å². The molecule has 0 aromatic rings. The van der Waals surface area contributed by atoms with Gasteiger partial charge < -0.3 is 19.5 Å². The van der Waals surface area contributed by atoms with E-state index in [0.717, 1.165) is 12.8 Å². The van der Waals surface area contributed by atoms with Crippen molar-refractivity contribution >= 4 is 5.97 Å². The highest BCUT2D eigenvalue weighted by atomic mass is 16.4. The van der Waals surface area contributed by atoms with E-state index < -0.39 is 18.0 Å². The van der Waals surface area contributed by atoms with Gasteiger partial charge in [-0.15, -0.1) is 0 Å². The maximum absolute atomic E-state index is 10.9. The Balaban J connectivity index is 4.29. The molecule has 0 fully saturated rings. The average molecular weight is 217 g/mol. The first-order valence-electron chi connectivity index (χ1n) is 5.47. The normalized spacial score (nSPS) is 16.1. The number of rotatable bonds is 7. The first-order valence-corrected chi connectivity index (χ1v) is 5.47. The number of hydrogen-bond acceptors (Lipinski definition) is 3. The van der Waals surface area contributed by atoms with Gasteiger partial charge in [-0.25, -0.2) is 0 Å². The molecule has 0 aliphatic carbocycles. The summed E-state index contributed by atoms with van der Waals surface area (Å²) in [7, 11) is 5.78. The fourth-order valence-corrected chi connectivity index (χ4v) is 1.58. The summed E-state index contributed by atoms with van der Waals surface area (Å²) in [4.78, 5) is 10.9. The Kier molecular flexibility index (Phi) is 5.83. The molecule has 90 valence electrons. The predicted molar refractivity (Wildman–Crippen MR) is 56.9 cm³/mol. The summed E-state index contributed by atoms with van der Waals surface area (Å²) in [5.41, 5.74) is 0. The number of carbonyl (C=O) groups is 1. The van der Waals surface area contributed by atoms with Crippen LogP contribution in [-0.2, 0) is 4.79 Å². The van der Waals surface area contributed by atoms with Crippen LogP contribution in [0.25, 0.3) is 0 Å². The lowest BCUT2D eigenvalue weighted by Gasteiger charge is -2.31. The Hall–Kier alpha value is -0.610. The standard InChI is InChI=1S/C11H23NO3/c1-5-6-7-9(11(14)15)10(13)8-12(2,3)4/h9-10,13H,5-8H2,1-4H3. The lowest BCUT2D eigenvalue weighted by Crippen LogP contribution is -2.48. The van der Waals surface area contributed by atoms with Gasteiger partial charge in [-0.2, -0.15) is 0 Å². The Morgan fingerprint density at radius 2 is 1.93 bits per heavy atom. The van der Waals surface area contributed by atoms with E-state index in [1.54, 1.807) is 0 Å². The quantitative estimate of drug-likeness (QED) is 0.591. The number of aliphatic hydroxyl groups excluding tert-OH is 1. The van der Waals surface area contributed by atoms with Gasteiger partial charge in [0.25, 0.3) is 0 Å². The molecule has 0 amide bonds. The first-order chi connectivity index (χ1) is 6.78. The molecule has 1 N–H and O–H groups in total. The molecule has 0 aliphatic rings. The number of carboxylic acids is 1. The summed E-state index contributed by atoms with van der Waals surface area (Å²) in [5, 5.41) is 20.7. The van der Waals surface area contributed by atoms with Gasteiger partial charge in [0, 0.05) is 11.9 Å². The minimum absolute atomic E-state index is 0.433. The smallest absolute Gasteiger partial charge is 0.111 e. The van der Waals surface area contributed by atoms with E-state index in [2.05, 4.69) is 0 Å². The molecule has 0 saturated carbocycles. The van der Waals surface area contributed by atoms with Crippen LogP contribution in [-0.4, -0.2) is 49.4 Å². The van der Waals surface area contributed by atoms with Gasteiger partial charge in [0.1, 0.15) is 12.6 Å². The Morgan fingerprint density at radius 1 is 1.40 bits per heavy atom. The van der Waals surface area contributed by atoms with E-state index in [9.17, 15) is 15.0 Å². The van der Waals surface area contributed by atoms with Gasteiger partial charge in [-0.1, -0.05) is 19.8 Å². The molecule has 15 heavy (non-hydrogen) atoms. The molecular weight excluding hydrogens is 194 g/mol. The van der Waals surface area contributed by atoms with Crippen molar-refractivity contribution in [3.63, 3.8) is 0 Å². The number of likely N-dealkylation sites (N-methyl/N-ethyl adjacent to an activating group) is 1. The van der Waals surface area contributed by atoms with Crippen LogP contribution in [0.1, 0.15) is 26.2 Å². The average Bonchev–Trinajstić information content (AvgIpc) is 2.00. The van der Waals surface area contributed by atoms with Crippen molar-refractivity contribution in [2.24, 2.45) is 5.92 Å². The molecular formula is C11H23NO3. The number of nitrogens with zero attached hydrogens (tertiary/aromatic N) is 1. The third-order valence-corrected chi connectivity index (χ3v) is 2.37. The number of aliphatic hydroxyl groups is 1. The van der Waals surface area contributed by atoms with E-state index in [-0.39, 0.29) is 0 Å². The summed E-state index contributed by atoms with van der Waals surface area (Å²) in [6, 6.07) is 0. The van der Waals surface area contributed by atoms with E-state index >= 15 is 0 Å². The molecule has 0 aliphatic heterocycles. The second-order valence-corrected chi connectivity index (χ2v) is 5.11.